The van der Waals surface area contributed by atoms with Gasteiger partial charge in [-0.2, -0.15) is 0 Å². The maximum absolute atomic E-state index is 13.9. The van der Waals surface area contributed by atoms with E-state index in [0.717, 1.165) is 15.6 Å². The molecule has 0 saturated carbocycles. The molecule has 0 aliphatic carbocycles. The van der Waals surface area contributed by atoms with Crippen LogP contribution in [0.3, 0.4) is 0 Å². The molecule has 2 atom stereocenters. The Morgan fingerprint density at radius 3 is 2.37 bits per heavy atom. The summed E-state index contributed by atoms with van der Waals surface area (Å²) in [4.78, 5) is 46.3. The van der Waals surface area contributed by atoms with Gasteiger partial charge < -0.3 is 9.30 Å². The summed E-state index contributed by atoms with van der Waals surface area (Å²) < 4.78 is 8.07. The molecule has 0 bridgehead atoms. The van der Waals surface area contributed by atoms with E-state index in [-0.39, 0.29) is 18.9 Å². The number of fused-ring (bicyclic) bond motifs is 3. The zero-order chi connectivity index (χ0) is 24.5. The van der Waals surface area contributed by atoms with E-state index in [1.807, 2.05) is 59.2 Å². The molecule has 0 unspecified atom stereocenters. The van der Waals surface area contributed by atoms with Crippen LogP contribution in [0.5, 0.6) is 0 Å². The van der Waals surface area contributed by atoms with Crippen LogP contribution in [0.15, 0.2) is 83.3 Å². The van der Waals surface area contributed by atoms with E-state index in [1.165, 1.54) is 4.90 Å². The molecule has 3 aromatic carbocycles. The van der Waals surface area contributed by atoms with Gasteiger partial charge in [-0.3, -0.25) is 19.3 Å². The fourth-order valence-corrected chi connectivity index (χ4v) is 4.78. The van der Waals surface area contributed by atoms with Gasteiger partial charge in [0.05, 0.1) is 30.2 Å². The molecular weight excluding hydrogens is 510 g/mol. The Bertz CT molecular complexity index is 1420. The van der Waals surface area contributed by atoms with Crippen molar-refractivity contribution in [2.75, 3.05) is 18.1 Å². The first-order valence-corrected chi connectivity index (χ1v) is 12.1. The number of carbonyl (C=O) groups is 3. The average molecular weight is 532 g/mol. The van der Waals surface area contributed by atoms with Crippen LogP contribution >= 0.6 is 15.9 Å². The molecule has 2 heterocycles. The van der Waals surface area contributed by atoms with Crippen LogP contribution in [0.4, 0.5) is 5.95 Å². The molecular formula is C27H22BrN3O4. The Morgan fingerprint density at radius 2 is 1.66 bits per heavy atom. The van der Waals surface area contributed by atoms with Crippen molar-refractivity contribution in [1.29, 1.82) is 0 Å². The maximum atomic E-state index is 13.9. The second-order valence-electron chi connectivity index (χ2n) is 8.21. The fourth-order valence-electron chi connectivity index (χ4n) is 4.52. The molecule has 0 radical (unpaired) electrons. The van der Waals surface area contributed by atoms with Crippen molar-refractivity contribution in [1.82, 2.24) is 9.55 Å². The zero-order valence-corrected chi connectivity index (χ0v) is 20.5. The zero-order valence-electron chi connectivity index (χ0n) is 18.9. The summed E-state index contributed by atoms with van der Waals surface area (Å²) in [5, 5.41) is 0. The lowest BCUT2D eigenvalue weighted by molar-refractivity contribution is -0.153. The highest BCUT2D eigenvalue weighted by molar-refractivity contribution is 9.10. The first-order valence-electron chi connectivity index (χ1n) is 11.3. The van der Waals surface area contributed by atoms with Crippen LogP contribution in [0.25, 0.3) is 11.0 Å². The third-order valence-electron chi connectivity index (χ3n) is 6.09. The van der Waals surface area contributed by atoms with Gasteiger partial charge in [0.15, 0.2) is 11.7 Å². The Hall–Kier alpha value is -3.78. The molecule has 1 amide bonds. The quantitative estimate of drug-likeness (QED) is 0.203. The Morgan fingerprint density at radius 1 is 0.971 bits per heavy atom. The van der Waals surface area contributed by atoms with Crippen LogP contribution in [0, 0.1) is 5.92 Å². The number of hydrogen-bond donors (Lipinski definition) is 0. The van der Waals surface area contributed by atoms with Crippen molar-refractivity contribution >= 4 is 50.6 Å². The summed E-state index contributed by atoms with van der Waals surface area (Å²) in [5.41, 5.74) is 2.67. The van der Waals surface area contributed by atoms with Gasteiger partial charge in [0.25, 0.3) is 0 Å². The molecule has 35 heavy (non-hydrogen) atoms. The van der Waals surface area contributed by atoms with Crippen molar-refractivity contribution in [2.24, 2.45) is 5.92 Å². The van der Waals surface area contributed by atoms with Crippen LogP contribution in [0.1, 0.15) is 28.9 Å². The maximum Gasteiger partial charge on any atom is 0.321 e. The number of ketones is 1. The molecule has 1 aromatic heterocycles. The summed E-state index contributed by atoms with van der Waals surface area (Å²) in [6, 6.07) is 23.1. The van der Waals surface area contributed by atoms with Crippen molar-refractivity contribution in [2.45, 2.75) is 13.0 Å². The molecule has 4 aromatic rings. The number of nitrogens with zero attached hydrogens (tertiary/aromatic N) is 3. The second kappa shape index (κ2) is 9.46. The minimum atomic E-state index is -1.17. The summed E-state index contributed by atoms with van der Waals surface area (Å²) in [5.74, 6) is -2.23. The minimum absolute atomic E-state index is 0.138. The van der Waals surface area contributed by atoms with E-state index in [9.17, 15) is 14.4 Å². The minimum Gasteiger partial charge on any atom is -0.465 e. The summed E-state index contributed by atoms with van der Waals surface area (Å²) in [7, 11) is 0. The third-order valence-corrected chi connectivity index (χ3v) is 6.62. The largest absolute Gasteiger partial charge is 0.465 e. The standard InChI is InChI=1S/C27H22BrN3O4/c1-2-35-26(34)23-24(18-8-4-3-5-9-18)31-21-11-7-6-10-20(21)29-27(31)30(25(23)33)16-22(32)17-12-14-19(28)15-13-17/h3-15,23-24H,2,16H2,1H3/t23-,24-/m1/s1. The molecule has 0 spiro atoms. The van der Waals surface area contributed by atoms with E-state index >= 15 is 0 Å². The lowest BCUT2D eigenvalue weighted by Crippen LogP contribution is -2.51. The SMILES string of the molecule is CCOC(=O)[C@H]1C(=O)N(CC(=O)c2ccc(Br)cc2)c2nc3ccccc3n2[C@@H]1c1ccccc1. The molecule has 0 saturated heterocycles. The van der Waals surface area contributed by atoms with Gasteiger partial charge in [0.1, 0.15) is 0 Å². The molecule has 176 valence electrons. The first-order chi connectivity index (χ1) is 17.0. The van der Waals surface area contributed by atoms with E-state index in [1.54, 1.807) is 31.2 Å². The van der Waals surface area contributed by atoms with E-state index < -0.39 is 23.8 Å². The van der Waals surface area contributed by atoms with Crippen LogP contribution in [-0.4, -0.2) is 40.4 Å². The number of halogens is 1. The molecule has 0 fully saturated rings. The van der Waals surface area contributed by atoms with Crippen molar-refractivity contribution in [3.05, 3.63) is 94.5 Å². The first kappa shape index (κ1) is 23.0. The fraction of sp³-hybridized carbons (Fsp3) is 0.185. The predicted octanol–water partition coefficient (Wildman–Crippen LogP) is 4.80. The molecule has 1 aliphatic heterocycles. The van der Waals surface area contributed by atoms with Crippen molar-refractivity contribution in [3.63, 3.8) is 0 Å². The number of esters is 1. The highest BCUT2D eigenvalue weighted by atomic mass is 79.9. The summed E-state index contributed by atoms with van der Waals surface area (Å²) in [6.45, 7) is 1.59. The molecule has 0 N–H and O–H groups in total. The van der Waals surface area contributed by atoms with Crippen LogP contribution < -0.4 is 4.90 Å². The van der Waals surface area contributed by atoms with Gasteiger partial charge in [-0.15, -0.1) is 0 Å². The lowest BCUT2D eigenvalue weighted by Gasteiger charge is -2.37. The van der Waals surface area contributed by atoms with Gasteiger partial charge in [0, 0.05) is 10.0 Å². The topological polar surface area (TPSA) is 81.5 Å². The molecule has 8 heteroatoms. The highest BCUT2D eigenvalue weighted by Crippen LogP contribution is 2.41. The number of anilines is 1. The van der Waals surface area contributed by atoms with Gasteiger partial charge in [-0.05, 0) is 36.8 Å². The molecule has 7 nitrogen and oxygen atoms in total. The van der Waals surface area contributed by atoms with Gasteiger partial charge in [0.2, 0.25) is 11.9 Å². The van der Waals surface area contributed by atoms with Crippen molar-refractivity contribution in [3.8, 4) is 0 Å². The highest BCUT2D eigenvalue weighted by Gasteiger charge is 2.48. The third kappa shape index (κ3) is 4.14. The number of rotatable bonds is 6. The molecule has 1 aliphatic rings. The van der Waals surface area contributed by atoms with E-state index in [4.69, 9.17) is 9.72 Å². The summed E-state index contributed by atoms with van der Waals surface area (Å²) in [6.07, 6.45) is 0. The Labute approximate surface area is 210 Å². The number of hydrogen-bond acceptors (Lipinski definition) is 5. The second-order valence-corrected chi connectivity index (χ2v) is 9.13. The van der Waals surface area contributed by atoms with E-state index in [0.29, 0.717) is 17.0 Å². The monoisotopic (exact) mass is 531 g/mol. The van der Waals surface area contributed by atoms with Crippen molar-refractivity contribution < 1.29 is 19.1 Å². The number of amides is 1. The molecule has 5 rings (SSSR count). The summed E-state index contributed by atoms with van der Waals surface area (Å²) >= 11 is 3.37. The number of imidazole rings is 1. The number of ether oxygens (including phenoxy) is 1. The van der Waals surface area contributed by atoms with E-state index in [2.05, 4.69) is 15.9 Å². The van der Waals surface area contributed by atoms with Crippen LogP contribution in [-0.2, 0) is 14.3 Å². The number of carbonyl (C=O) groups excluding carboxylic acids is 3. The predicted molar refractivity (Wildman–Crippen MR) is 135 cm³/mol. The number of benzene rings is 3. The number of Topliss-reactive ketones (excluding diaryl/α,β-unsaturated/α-hetero) is 1. The van der Waals surface area contributed by atoms with Gasteiger partial charge >= 0.3 is 5.97 Å². The number of para-hydroxylation sites is 2. The number of aromatic nitrogens is 2. The lowest BCUT2D eigenvalue weighted by atomic mass is 9.89. The van der Waals surface area contributed by atoms with Gasteiger partial charge in [-0.1, -0.05) is 70.5 Å². The smallest absolute Gasteiger partial charge is 0.321 e. The normalized spacial score (nSPS) is 17.3. The van der Waals surface area contributed by atoms with Crippen LogP contribution in [0.2, 0.25) is 0 Å². The van der Waals surface area contributed by atoms with Gasteiger partial charge in [-0.25, -0.2) is 4.98 Å². The Kier molecular flexibility index (Phi) is 6.21. The average Bonchev–Trinajstić information content (AvgIpc) is 3.25. The Balaban J connectivity index is 1.68.